The number of nitrogens with zero attached hydrogens (tertiary/aromatic N) is 3. The summed E-state index contributed by atoms with van der Waals surface area (Å²) in [6, 6.07) is 5.85. The van der Waals surface area contributed by atoms with Gasteiger partial charge in [0.25, 0.3) is 5.91 Å². The molecule has 4 rings (SSSR count). The van der Waals surface area contributed by atoms with E-state index in [0.717, 1.165) is 50.6 Å². The number of amides is 1. The molecule has 0 spiro atoms. The maximum absolute atomic E-state index is 12.7. The molecule has 6 nitrogen and oxygen atoms in total. The van der Waals surface area contributed by atoms with Crippen molar-refractivity contribution in [1.29, 1.82) is 0 Å². The van der Waals surface area contributed by atoms with Crippen LogP contribution in [-0.2, 0) is 0 Å². The number of hydrogen-bond donors (Lipinski definition) is 1. The van der Waals surface area contributed by atoms with Gasteiger partial charge in [-0.05, 0) is 18.6 Å². The molecule has 2 saturated heterocycles. The fourth-order valence-electron chi connectivity index (χ4n) is 3.37. The first-order valence-corrected chi connectivity index (χ1v) is 9.36. The van der Waals surface area contributed by atoms with Crippen LogP contribution in [0.2, 0.25) is 4.34 Å². The molecule has 1 atom stereocenters. The molecule has 1 amide bonds. The number of nitrogens with one attached hydrogen (secondary N) is 1. The highest BCUT2D eigenvalue weighted by Gasteiger charge is 2.32. The summed E-state index contributed by atoms with van der Waals surface area (Å²) in [4.78, 5) is 17.9. The molecular formula is C16H20Cl2N4O2S. The summed E-state index contributed by atoms with van der Waals surface area (Å²) in [6.07, 6.45) is 1.02. The van der Waals surface area contributed by atoms with Crippen molar-refractivity contribution in [3.63, 3.8) is 0 Å². The lowest BCUT2D eigenvalue weighted by atomic mass is 10.2. The Morgan fingerprint density at radius 1 is 1.32 bits per heavy atom. The Labute approximate surface area is 161 Å². The molecule has 2 aliphatic rings. The first kappa shape index (κ1) is 18.7. The summed E-state index contributed by atoms with van der Waals surface area (Å²) < 4.78 is 6.01. The van der Waals surface area contributed by atoms with Gasteiger partial charge in [0.05, 0.1) is 9.21 Å². The fourth-order valence-corrected chi connectivity index (χ4v) is 4.36. The third-order valence-corrected chi connectivity index (χ3v) is 5.91. The Kier molecular flexibility index (Phi) is 6.01. The van der Waals surface area contributed by atoms with Gasteiger partial charge in [-0.15, -0.1) is 23.7 Å². The van der Waals surface area contributed by atoms with Gasteiger partial charge in [0.2, 0.25) is 0 Å². The standard InChI is InChI=1S/C16H19ClN4O2S.ClH/c17-15-2-1-14(24-15)13-9-12(19-23-13)16(22)21-6-3-11(10-21)20-7-4-18-5-8-20;/h1-2,9,11,18H,3-8,10H2;1H. The van der Waals surface area contributed by atoms with Crippen molar-refractivity contribution in [2.45, 2.75) is 12.5 Å². The zero-order valence-electron chi connectivity index (χ0n) is 13.6. The number of rotatable bonds is 3. The van der Waals surface area contributed by atoms with Gasteiger partial charge in [-0.3, -0.25) is 9.69 Å². The zero-order chi connectivity index (χ0) is 16.5. The first-order valence-electron chi connectivity index (χ1n) is 8.17. The smallest absolute Gasteiger partial charge is 0.276 e. The molecule has 136 valence electrons. The lowest BCUT2D eigenvalue weighted by Gasteiger charge is -2.32. The van der Waals surface area contributed by atoms with Crippen molar-refractivity contribution in [2.75, 3.05) is 39.3 Å². The van der Waals surface area contributed by atoms with Gasteiger partial charge < -0.3 is 14.7 Å². The summed E-state index contributed by atoms with van der Waals surface area (Å²) in [5.41, 5.74) is 0.371. The number of aromatic nitrogens is 1. The van der Waals surface area contributed by atoms with Crippen LogP contribution < -0.4 is 5.32 Å². The van der Waals surface area contributed by atoms with Gasteiger partial charge in [0.1, 0.15) is 0 Å². The molecule has 2 aromatic rings. The van der Waals surface area contributed by atoms with Crippen LogP contribution in [0.3, 0.4) is 0 Å². The number of halogens is 2. The minimum absolute atomic E-state index is 0. The monoisotopic (exact) mass is 402 g/mol. The molecular weight excluding hydrogens is 383 g/mol. The highest BCUT2D eigenvalue weighted by Crippen LogP contribution is 2.31. The maximum atomic E-state index is 12.7. The van der Waals surface area contributed by atoms with E-state index in [-0.39, 0.29) is 18.3 Å². The van der Waals surface area contributed by atoms with Crippen LogP contribution in [0.4, 0.5) is 0 Å². The van der Waals surface area contributed by atoms with E-state index in [2.05, 4.69) is 15.4 Å². The zero-order valence-corrected chi connectivity index (χ0v) is 16.0. The molecule has 25 heavy (non-hydrogen) atoms. The Hall–Kier alpha value is -1.12. The average Bonchev–Trinajstić information content (AvgIpc) is 3.35. The largest absolute Gasteiger partial charge is 0.355 e. The van der Waals surface area contributed by atoms with E-state index < -0.39 is 0 Å². The SMILES string of the molecule is Cl.O=C(c1cc(-c2ccc(Cl)s2)on1)N1CCC(N2CCNCC2)C1. The van der Waals surface area contributed by atoms with E-state index in [1.54, 1.807) is 6.07 Å². The number of carbonyl (C=O) groups excluding carboxylic acids is 1. The molecule has 0 radical (unpaired) electrons. The Morgan fingerprint density at radius 2 is 2.12 bits per heavy atom. The molecule has 0 saturated carbocycles. The predicted octanol–water partition coefficient (Wildman–Crippen LogP) is 2.60. The van der Waals surface area contributed by atoms with E-state index >= 15 is 0 Å². The number of likely N-dealkylation sites (tertiary alicyclic amines) is 1. The summed E-state index contributed by atoms with van der Waals surface area (Å²) in [5, 5.41) is 7.32. The number of hydrogen-bond acceptors (Lipinski definition) is 6. The van der Waals surface area contributed by atoms with Gasteiger partial charge >= 0.3 is 0 Å². The van der Waals surface area contributed by atoms with Crippen LogP contribution in [0.1, 0.15) is 16.9 Å². The van der Waals surface area contributed by atoms with Gasteiger partial charge in [-0.25, -0.2) is 0 Å². The van der Waals surface area contributed by atoms with Crippen molar-refractivity contribution in [3.05, 3.63) is 28.2 Å². The topological polar surface area (TPSA) is 61.6 Å². The third kappa shape index (κ3) is 4.01. The van der Waals surface area contributed by atoms with Gasteiger partial charge in [-0.2, -0.15) is 0 Å². The second kappa shape index (κ2) is 8.05. The highest BCUT2D eigenvalue weighted by atomic mass is 35.5. The Balaban J connectivity index is 0.00000182. The summed E-state index contributed by atoms with van der Waals surface area (Å²) in [5.74, 6) is 0.540. The van der Waals surface area contributed by atoms with E-state index in [1.807, 2.05) is 17.0 Å². The molecule has 1 unspecified atom stereocenters. The third-order valence-electron chi connectivity index (χ3n) is 4.66. The van der Waals surface area contributed by atoms with Crippen molar-refractivity contribution < 1.29 is 9.32 Å². The summed E-state index contributed by atoms with van der Waals surface area (Å²) >= 11 is 7.36. The molecule has 0 aliphatic carbocycles. The van der Waals surface area contributed by atoms with E-state index in [1.165, 1.54) is 11.3 Å². The first-order chi connectivity index (χ1) is 11.7. The summed E-state index contributed by atoms with van der Waals surface area (Å²) in [6.45, 7) is 5.72. The van der Waals surface area contributed by atoms with Gasteiger partial charge in [0, 0.05) is 51.4 Å². The van der Waals surface area contributed by atoms with Crippen molar-refractivity contribution in [1.82, 2.24) is 20.3 Å². The number of thiophene rings is 1. The molecule has 9 heteroatoms. The molecule has 0 aromatic carbocycles. The van der Waals surface area contributed by atoms with Crippen molar-refractivity contribution in [3.8, 4) is 10.6 Å². The fraction of sp³-hybridized carbons (Fsp3) is 0.500. The van der Waals surface area contributed by atoms with Crippen LogP contribution in [0.5, 0.6) is 0 Å². The summed E-state index contributed by atoms with van der Waals surface area (Å²) in [7, 11) is 0. The van der Waals surface area contributed by atoms with Gasteiger partial charge in [0.15, 0.2) is 11.5 Å². The van der Waals surface area contributed by atoms with Crippen molar-refractivity contribution in [2.24, 2.45) is 0 Å². The lowest BCUT2D eigenvalue weighted by molar-refractivity contribution is 0.0763. The van der Waals surface area contributed by atoms with Crippen LogP contribution in [0, 0.1) is 0 Å². The predicted molar refractivity (Wildman–Crippen MR) is 101 cm³/mol. The van der Waals surface area contributed by atoms with Crippen molar-refractivity contribution >= 4 is 41.3 Å². The molecule has 2 aliphatic heterocycles. The van der Waals surface area contributed by atoms with Crippen LogP contribution in [0.15, 0.2) is 22.7 Å². The maximum Gasteiger partial charge on any atom is 0.276 e. The second-order valence-corrected chi connectivity index (χ2v) is 7.87. The van der Waals surface area contributed by atoms with Gasteiger partial charge in [-0.1, -0.05) is 16.8 Å². The normalized spacial score (nSPS) is 21.3. The minimum atomic E-state index is -0.0507. The van der Waals surface area contributed by atoms with Crippen LogP contribution in [0.25, 0.3) is 10.6 Å². The number of piperazine rings is 1. The molecule has 2 fully saturated rings. The highest BCUT2D eigenvalue weighted by molar-refractivity contribution is 7.19. The average molecular weight is 403 g/mol. The van der Waals surface area contributed by atoms with Crippen LogP contribution >= 0.6 is 35.3 Å². The Morgan fingerprint density at radius 3 is 2.84 bits per heavy atom. The lowest BCUT2D eigenvalue weighted by Crippen LogP contribution is -2.49. The van der Waals surface area contributed by atoms with E-state index in [4.69, 9.17) is 16.1 Å². The Bertz CT molecular complexity index is 729. The van der Waals surface area contributed by atoms with E-state index in [9.17, 15) is 4.79 Å². The molecule has 2 aromatic heterocycles. The molecule has 1 N–H and O–H groups in total. The molecule has 4 heterocycles. The van der Waals surface area contributed by atoms with E-state index in [0.29, 0.717) is 21.8 Å². The second-order valence-electron chi connectivity index (χ2n) is 6.16. The van der Waals surface area contributed by atoms with Crippen LogP contribution in [-0.4, -0.2) is 66.2 Å². The minimum Gasteiger partial charge on any atom is -0.355 e. The molecule has 0 bridgehead atoms. The number of carbonyl (C=O) groups is 1. The quantitative estimate of drug-likeness (QED) is 0.854.